The second-order valence-corrected chi connectivity index (χ2v) is 9.23. The van der Waals surface area contributed by atoms with E-state index in [1.54, 1.807) is 0 Å². The van der Waals surface area contributed by atoms with E-state index in [4.69, 9.17) is 11.6 Å². The SMILES string of the molecule is O=C(Nc1ccc(Cl)cc1)C1CCC2(CC1)CC(c1ccnc3ccccc13)C2. The predicted molar refractivity (Wildman–Crippen MR) is 118 cm³/mol. The number of carbonyl (C=O) groups excluding carboxylic acids is 1. The number of amides is 1. The van der Waals surface area contributed by atoms with Crippen molar-refractivity contribution in [2.24, 2.45) is 11.3 Å². The van der Waals surface area contributed by atoms with E-state index in [-0.39, 0.29) is 11.8 Å². The third-order valence-corrected chi connectivity index (χ3v) is 7.26. The number of aromatic nitrogens is 1. The van der Waals surface area contributed by atoms with Crippen molar-refractivity contribution in [1.82, 2.24) is 4.98 Å². The van der Waals surface area contributed by atoms with E-state index >= 15 is 0 Å². The summed E-state index contributed by atoms with van der Waals surface area (Å²) in [5.74, 6) is 0.901. The largest absolute Gasteiger partial charge is 0.326 e. The molecule has 2 aliphatic rings. The van der Waals surface area contributed by atoms with Crippen LogP contribution in [0, 0.1) is 11.3 Å². The number of pyridine rings is 1. The van der Waals surface area contributed by atoms with E-state index in [1.807, 2.05) is 30.5 Å². The van der Waals surface area contributed by atoms with Crippen molar-refractivity contribution >= 4 is 34.1 Å². The summed E-state index contributed by atoms with van der Waals surface area (Å²) in [4.78, 5) is 17.2. The van der Waals surface area contributed by atoms with Gasteiger partial charge in [0.1, 0.15) is 0 Å². The fraction of sp³-hybridized carbons (Fsp3) is 0.360. The van der Waals surface area contributed by atoms with Crippen LogP contribution in [0.1, 0.15) is 50.0 Å². The van der Waals surface area contributed by atoms with Gasteiger partial charge in [-0.2, -0.15) is 0 Å². The highest BCUT2D eigenvalue weighted by atomic mass is 35.5. The lowest BCUT2D eigenvalue weighted by Gasteiger charge is -2.52. The third kappa shape index (κ3) is 3.64. The first-order valence-corrected chi connectivity index (χ1v) is 10.9. The van der Waals surface area contributed by atoms with Gasteiger partial charge < -0.3 is 5.32 Å². The summed E-state index contributed by atoms with van der Waals surface area (Å²) in [6, 6.07) is 18.0. The van der Waals surface area contributed by atoms with Gasteiger partial charge in [-0.3, -0.25) is 9.78 Å². The maximum Gasteiger partial charge on any atom is 0.227 e. The summed E-state index contributed by atoms with van der Waals surface area (Å²) in [6.07, 6.45) is 8.72. The standard InChI is InChI=1S/C25H25ClN2O/c26-19-5-7-20(8-6-19)28-24(29)17-9-12-25(13-10-17)15-18(16-25)21-11-14-27-23-4-2-1-3-22(21)23/h1-8,11,14,17-18H,9-10,12-13,15-16H2,(H,28,29). The number of hydrogen-bond donors (Lipinski definition) is 1. The Hall–Kier alpha value is -2.39. The van der Waals surface area contributed by atoms with Crippen molar-refractivity contribution in [3.05, 3.63) is 71.4 Å². The lowest BCUT2D eigenvalue weighted by Crippen LogP contribution is -2.41. The monoisotopic (exact) mass is 404 g/mol. The molecule has 1 heterocycles. The van der Waals surface area contributed by atoms with Gasteiger partial charge in [0.25, 0.3) is 0 Å². The Balaban J connectivity index is 1.19. The van der Waals surface area contributed by atoms with Crippen molar-refractivity contribution in [3.63, 3.8) is 0 Å². The number of fused-ring (bicyclic) bond motifs is 1. The molecule has 1 amide bonds. The van der Waals surface area contributed by atoms with Gasteiger partial charge in [0.15, 0.2) is 0 Å². The maximum atomic E-state index is 12.7. The molecule has 5 rings (SSSR count). The highest BCUT2D eigenvalue weighted by Gasteiger charge is 2.47. The molecule has 0 atom stereocenters. The van der Waals surface area contributed by atoms with Crippen LogP contribution >= 0.6 is 11.6 Å². The Morgan fingerprint density at radius 1 is 1.00 bits per heavy atom. The van der Waals surface area contributed by atoms with Gasteiger partial charge in [-0.25, -0.2) is 0 Å². The molecule has 1 N–H and O–H groups in total. The number of rotatable bonds is 3. The van der Waals surface area contributed by atoms with Crippen molar-refractivity contribution < 1.29 is 4.79 Å². The number of para-hydroxylation sites is 1. The first kappa shape index (κ1) is 18.6. The average Bonchev–Trinajstić information content (AvgIpc) is 2.73. The highest BCUT2D eigenvalue weighted by Crippen LogP contribution is 2.59. The molecular weight excluding hydrogens is 380 g/mol. The molecule has 0 bridgehead atoms. The zero-order valence-electron chi connectivity index (χ0n) is 16.4. The zero-order chi connectivity index (χ0) is 19.8. The first-order chi connectivity index (χ1) is 14.1. The van der Waals surface area contributed by atoms with E-state index in [2.05, 4.69) is 40.6 Å². The molecule has 2 aromatic carbocycles. The Labute approximate surface area is 176 Å². The minimum absolute atomic E-state index is 0.122. The molecule has 0 saturated heterocycles. The van der Waals surface area contributed by atoms with Gasteiger partial charge in [-0.05, 0) is 91.8 Å². The topological polar surface area (TPSA) is 42.0 Å². The number of benzene rings is 2. The number of nitrogens with zero attached hydrogens (tertiary/aromatic N) is 1. The Kier molecular flexibility index (Phi) is 4.79. The molecule has 3 nitrogen and oxygen atoms in total. The number of nitrogens with one attached hydrogen (secondary N) is 1. The normalized spacial score (nSPS) is 26.2. The van der Waals surface area contributed by atoms with E-state index in [0.717, 1.165) is 36.9 Å². The van der Waals surface area contributed by atoms with Gasteiger partial charge in [-0.15, -0.1) is 0 Å². The Morgan fingerprint density at radius 2 is 1.72 bits per heavy atom. The maximum absolute atomic E-state index is 12.7. The lowest BCUT2D eigenvalue weighted by molar-refractivity contribution is -0.122. The smallest absolute Gasteiger partial charge is 0.227 e. The second kappa shape index (κ2) is 7.46. The molecule has 4 heteroatoms. The summed E-state index contributed by atoms with van der Waals surface area (Å²) in [6.45, 7) is 0. The summed E-state index contributed by atoms with van der Waals surface area (Å²) in [7, 11) is 0. The summed E-state index contributed by atoms with van der Waals surface area (Å²) < 4.78 is 0. The fourth-order valence-electron chi connectivity index (χ4n) is 5.36. The molecular formula is C25H25ClN2O. The van der Waals surface area contributed by atoms with E-state index < -0.39 is 0 Å². The van der Waals surface area contributed by atoms with E-state index in [9.17, 15) is 4.79 Å². The van der Waals surface area contributed by atoms with Crippen LogP contribution in [0.4, 0.5) is 5.69 Å². The minimum Gasteiger partial charge on any atom is -0.326 e. The van der Waals surface area contributed by atoms with E-state index in [0.29, 0.717) is 16.4 Å². The molecule has 29 heavy (non-hydrogen) atoms. The van der Waals surface area contributed by atoms with Crippen LogP contribution < -0.4 is 5.32 Å². The molecule has 1 spiro atoms. The van der Waals surface area contributed by atoms with Gasteiger partial charge in [0.05, 0.1) is 5.52 Å². The van der Waals surface area contributed by atoms with Gasteiger partial charge in [-0.1, -0.05) is 29.8 Å². The third-order valence-electron chi connectivity index (χ3n) is 7.01. The summed E-state index contributed by atoms with van der Waals surface area (Å²) in [5.41, 5.74) is 3.80. The lowest BCUT2D eigenvalue weighted by atomic mass is 9.53. The van der Waals surface area contributed by atoms with Crippen molar-refractivity contribution in [2.75, 3.05) is 5.32 Å². The van der Waals surface area contributed by atoms with Crippen molar-refractivity contribution in [1.29, 1.82) is 0 Å². The van der Waals surface area contributed by atoms with Crippen LogP contribution in [0.5, 0.6) is 0 Å². The summed E-state index contributed by atoms with van der Waals surface area (Å²) in [5, 5.41) is 5.03. The van der Waals surface area contributed by atoms with E-state index in [1.165, 1.54) is 23.8 Å². The molecule has 0 unspecified atom stereocenters. The highest BCUT2D eigenvalue weighted by molar-refractivity contribution is 6.30. The fourth-order valence-corrected chi connectivity index (χ4v) is 5.48. The van der Waals surface area contributed by atoms with Crippen molar-refractivity contribution in [3.8, 4) is 0 Å². The van der Waals surface area contributed by atoms with Gasteiger partial charge in [0, 0.05) is 28.2 Å². The Bertz CT molecular complexity index is 1020. The number of anilines is 1. The van der Waals surface area contributed by atoms with Gasteiger partial charge in [0.2, 0.25) is 5.91 Å². The molecule has 148 valence electrons. The predicted octanol–water partition coefficient (Wildman–Crippen LogP) is 6.58. The van der Waals surface area contributed by atoms with Gasteiger partial charge >= 0.3 is 0 Å². The molecule has 2 saturated carbocycles. The summed E-state index contributed by atoms with van der Waals surface area (Å²) >= 11 is 5.92. The molecule has 2 fully saturated rings. The van der Waals surface area contributed by atoms with Crippen LogP contribution in [0.2, 0.25) is 5.02 Å². The van der Waals surface area contributed by atoms with Crippen molar-refractivity contribution in [2.45, 2.75) is 44.4 Å². The first-order valence-electron chi connectivity index (χ1n) is 10.5. The molecule has 0 radical (unpaired) electrons. The quantitative estimate of drug-likeness (QED) is 0.535. The Morgan fingerprint density at radius 3 is 2.48 bits per heavy atom. The van der Waals surface area contributed by atoms with Crippen LogP contribution in [-0.2, 0) is 4.79 Å². The number of hydrogen-bond acceptors (Lipinski definition) is 2. The molecule has 0 aliphatic heterocycles. The van der Waals surface area contributed by atoms with Crippen LogP contribution in [-0.4, -0.2) is 10.9 Å². The minimum atomic E-state index is 0.122. The molecule has 2 aliphatic carbocycles. The zero-order valence-corrected chi connectivity index (χ0v) is 17.2. The van der Waals surface area contributed by atoms with Crippen LogP contribution in [0.25, 0.3) is 10.9 Å². The number of carbonyl (C=O) groups is 1. The molecule has 3 aromatic rings. The average molecular weight is 405 g/mol. The van der Waals surface area contributed by atoms with Crippen LogP contribution in [0.3, 0.4) is 0 Å². The molecule has 1 aromatic heterocycles. The second-order valence-electron chi connectivity index (χ2n) is 8.79. The van der Waals surface area contributed by atoms with Crippen LogP contribution in [0.15, 0.2) is 60.8 Å². The number of halogens is 1.